The lowest BCUT2D eigenvalue weighted by atomic mass is 9.98. The first-order valence-electron chi connectivity index (χ1n) is 9.51. The molecule has 29 heavy (non-hydrogen) atoms. The predicted molar refractivity (Wildman–Crippen MR) is 110 cm³/mol. The zero-order chi connectivity index (χ0) is 21.0. The zero-order valence-corrected chi connectivity index (χ0v) is 17.9. The standard InChI is InChI=1S/C20H26N4O4S/c1-20(2,3)16-21-22-17(29-16)24-15(10-12-23(4)18(24)25)28-19(26)27-13-11-14-8-6-5-7-9-14/h5-9,15H,10-13H2,1-4H3. The van der Waals surface area contributed by atoms with Gasteiger partial charge in [-0.1, -0.05) is 62.4 Å². The second-order valence-electron chi connectivity index (χ2n) is 7.91. The Kier molecular flexibility index (Phi) is 6.36. The van der Waals surface area contributed by atoms with Gasteiger partial charge in [0.2, 0.25) is 5.13 Å². The molecule has 0 saturated carbocycles. The average Bonchev–Trinajstić information content (AvgIpc) is 3.16. The molecule has 2 heterocycles. The van der Waals surface area contributed by atoms with Crippen LogP contribution in [0, 0.1) is 0 Å². The summed E-state index contributed by atoms with van der Waals surface area (Å²) in [6, 6.07) is 9.45. The normalized spacial score (nSPS) is 17.4. The van der Waals surface area contributed by atoms with Crippen molar-refractivity contribution in [3.8, 4) is 0 Å². The van der Waals surface area contributed by atoms with Crippen LogP contribution in [0.25, 0.3) is 0 Å². The summed E-state index contributed by atoms with van der Waals surface area (Å²) in [4.78, 5) is 27.9. The smallest absolute Gasteiger partial charge is 0.434 e. The predicted octanol–water partition coefficient (Wildman–Crippen LogP) is 3.82. The summed E-state index contributed by atoms with van der Waals surface area (Å²) in [5.41, 5.74) is 0.882. The van der Waals surface area contributed by atoms with Gasteiger partial charge in [-0.05, 0) is 5.56 Å². The van der Waals surface area contributed by atoms with E-state index in [1.165, 1.54) is 16.2 Å². The molecular formula is C20H26N4O4S. The Morgan fingerprint density at radius 1 is 1.24 bits per heavy atom. The van der Waals surface area contributed by atoms with E-state index in [4.69, 9.17) is 9.47 Å². The zero-order valence-electron chi connectivity index (χ0n) is 17.1. The third-order valence-electron chi connectivity index (χ3n) is 4.48. The first kappa shape index (κ1) is 21.0. The maximum absolute atomic E-state index is 12.7. The molecule has 8 nitrogen and oxygen atoms in total. The van der Waals surface area contributed by atoms with Crippen molar-refractivity contribution in [2.24, 2.45) is 0 Å². The van der Waals surface area contributed by atoms with Gasteiger partial charge in [0.25, 0.3) is 0 Å². The molecule has 1 unspecified atom stereocenters. The number of nitrogens with zero attached hydrogens (tertiary/aromatic N) is 4. The van der Waals surface area contributed by atoms with Gasteiger partial charge in [-0.25, -0.2) is 14.5 Å². The van der Waals surface area contributed by atoms with E-state index in [9.17, 15) is 9.59 Å². The summed E-state index contributed by atoms with van der Waals surface area (Å²) in [6.45, 7) is 6.76. The summed E-state index contributed by atoms with van der Waals surface area (Å²) < 4.78 is 10.7. The Hall–Kier alpha value is -2.68. The van der Waals surface area contributed by atoms with Crippen molar-refractivity contribution >= 4 is 28.7 Å². The molecule has 1 aliphatic heterocycles. The van der Waals surface area contributed by atoms with Crippen LogP contribution >= 0.6 is 11.3 Å². The summed E-state index contributed by atoms with van der Waals surface area (Å²) in [6.07, 6.45) is -0.518. The van der Waals surface area contributed by atoms with E-state index in [-0.39, 0.29) is 18.1 Å². The van der Waals surface area contributed by atoms with Crippen molar-refractivity contribution in [3.63, 3.8) is 0 Å². The highest BCUT2D eigenvalue weighted by Crippen LogP contribution is 2.33. The molecule has 1 aromatic heterocycles. The molecule has 0 radical (unpaired) electrons. The third-order valence-corrected chi connectivity index (χ3v) is 5.83. The van der Waals surface area contributed by atoms with Crippen LogP contribution in [0.3, 0.4) is 0 Å². The molecule has 1 aliphatic rings. The Morgan fingerprint density at radius 3 is 2.62 bits per heavy atom. The minimum atomic E-state index is -0.797. The van der Waals surface area contributed by atoms with E-state index < -0.39 is 12.4 Å². The molecule has 0 N–H and O–H groups in total. The fourth-order valence-corrected chi connectivity index (χ4v) is 3.75. The molecular weight excluding hydrogens is 392 g/mol. The maximum Gasteiger partial charge on any atom is 0.510 e. The molecule has 0 aliphatic carbocycles. The summed E-state index contributed by atoms with van der Waals surface area (Å²) in [5, 5.41) is 9.58. The van der Waals surface area contributed by atoms with Gasteiger partial charge < -0.3 is 14.4 Å². The number of urea groups is 1. The van der Waals surface area contributed by atoms with Gasteiger partial charge in [-0.3, -0.25) is 0 Å². The molecule has 1 aromatic carbocycles. The minimum Gasteiger partial charge on any atom is -0.434 e. The minimum absolute atomic E-state index is 0.187. The number of ether oxygens (including phenoxy) is 2. The molecule has 9 heteroatoms. The molecule has 2 aromatic rings. The van der Waals surface area contributed by atoms with Crippen molar-refractivity contribution in [1.82, 2.24) is 15.1 Å². The van der Waals surface area contributed by atoms with E-state index >= 15 is 0 Å². The Balaban J connectivity index is 1.65. The van der Waals surface area contributed by atoms with Crippen molar-refractivity contribution in [2.75, 3.05) is 25.1 Å². The van der Waals surface area contributed by atoms with Gasteiger partial charge in [0, 0.05) is 31.8 Å². The molecule has 3 rings (SSSR count). The van der Waals surface area contributed by atoms with Gasteiger partial charge in [0.15, 0.2) is 6.23 Å². The number of carbonyl (C=O) groups excluding carboxylic acids is 2. The number of aromatic nitrogens is 2. The Morgan fingerprint density at radius 2 is 1.97 bits per heavy atom. The van der Waals surface area contributed by atoms with Crippen molar-refractivity contribution in [1.29, 1.82) is 0 Å². The quantitative estimate of drug-likeness (QED) is 0.686. The van der Waals surface area contributed by atoms with Crippen LogP contribution in [0.4, 0.5) is 14.7 Å². The Labute approximate surface area is 174 Å². The van der Waals surface area contributed by atoms with Gasteiger partial charge in [-0.2, -0.15) is 0 Å². The fraction of sp³-hybridized carbons (Fsp3) is 0.500. The molecule has 1 fully saturated rings. The van der Waals surface area contributed by atoms with Gasteiger partial charge in [0.1, 0.15) is 5.01 Å². The van der Waals surface area contributed by atoms with Crippen LogP contribution in [-0.4, -0.2) is 53.7 Å². The highest BCUT2D eigenvalue weighted by Gasteiger charge is 2.38. The number of rotatable bonds is 5. The summed E-state index contributed by atoms with van der Waals surface area (Å²) in [7, 11) is 1.70. The van der Waals surface area contributed by atoms with Crippen LogP contribution < -0.4 is 4.90 Å². The monoisotopic (exact) mass is 418 g/mol. The number of carbonyl (C=O) groups is 2. The van der Waals surface area contributed by atoms with Gasteiger partial charge in [0.05, 0.1) is 6.61 Å². The van der Waals surface area contributed by atoms with E-state index in [2.05, 4.69) is 10.2 Å². The first-order chi connectivity index (χ1) is 13.8. The first-order valence-corrected chi connectivity index (χ1v) is 10.3. The molecule has 0 bridgehead atoms. The molecule has 1 atom stereocenters. The topological polar surface area (TPSA) is 84.9 Å². The molecule has 2 amide bonds. The second kappa shape index (κ2) is 8.77. The number of hydrogen-bond acceptors (Lipinski definition) is 7. The van der Waals surface area contributed by atoms with Crippen LogP contribution in [0.1, 0.15) is 37.8 Å². The van der Waals surface area contributed by atoms with Crippen LogP contribution in [-0.2, 0) is 21.3 Å². The van der Waals surface area contributed by atoms with Crippen LogP contribution in [0.2, 0.25) is 0 Å². The van der Waals surface area contributed by atoms with E-state index in [1.807, 2.05) is 51.1 Å². The summed E-state index contributed by atoms with van der Waals surface area (Å²) >= 11 is 1.32. The second-order valence-corrected chi connectivity index (χ2v) is 8.87. The highest BCUT2D eigenvalue weighted by atomic mass is 32.1. The molecule has 1 saturated heterocycles. The molecule has 156 valence electrons. The van der Waals surface area contributed by atoms with Crippen molar-refractivity contribution < 1.29 is 19.1 Å². The van der Waals surface area contributed by atoms with E-state index in [0.29, 0.717) is 24.5 Å². The SMILES string of the molecule is CN1CCC(OC(=O)OCCc2ccccc2)N(c2nnc(C(C)(C)C)s2)C1=O. The number of benzene rings is 1. The lowest BCUT2D eigenvalue weighted by Gasteiger charge is -2.37. The van der Waals surface area contributed by atoms with Crippen LogP contribution in [0.5, 0.6) is 0 Å². The summed E-state index contributed by atoms with van der Waals surface area (Å²) in [5.74, 6) is 0. The highest BCUT2D eigenvalue weighted by molar-refractivity contribution is 7.15. The number of amides is 2. The third kappa shape index (κ3) is 5.23. The number of hydrogen-bond donors (Lipinski definition) is 0. The van der Waals surface area contributed by atoms with E-state index in [1.54, 1.807) is 11.9 Å². The fourth-order valence-electron chi connectivity index (χ4n) is 2.81. The van der Waals surface area contributed by atoms with Gasteiger partial charge in [-0.15, -0.1) is 10.2 Å². The lowest BCUT2D eigenvalue weighted by molar-refractivity contribution is 0.0144. The van der Waals surface area contributed by atoms with Crippen LogP contribution in [0.15, 0.2) is 30.3 Å². The molecule has 0 spiro atoms. The maximum atomic E-state index is 12.7. The largest absolute Gasteiger partial charge is 0.510 e. The lowest BCUT2D eigenvalue weighted by Crippen LogP contribution is -2.54. The number of anilines is 1. The van der Waals surface area contributed by atoms with E-state index in [0.717, 1.165) is 10.6 Å². The average molecular weight is 419 g/mol. The Bertz CT molecular complexity index is 850. The van der Waals surface area contributed by atoms with Crippen molar-refractivity contribution in [2.45, 2.75) is 45.3 Å². The van der Waals surface area contributed by atoms with Gasteiger partial charge >= 0.3 is 12.2 Å². The van der Waals surface area contributed by atoms with Crippen molar-refractivity contribution in [3.05, 3.63) is 40.9 Å².